The predicted octanol–water partition coefficient (Wildman–Crippen LogP) is 2.91. The van der Waals surface area contributed by atoms with Crippen LogP contribution in [0.25, 0.3) is 5.65 Å². The molecule has 9 heteroatoms. The first-order valence-corrected chi connectivity index (χ1v) is 10.3. The normalized spacial score (nSPS) is 24.2. The summed E-state index contributed by atoms with van der Waals surface area (Å²) in [4.78, 5) is 17.9. The number of nitriles is 1. The summed E-state index contributed by atoms with van der Waals surface area (Å²) in [6.45, 7) is 6.77. The van der Waals surface area contributed by atoms with Gasteiger partial charge in [-0.1, -0.05) is 0 Å². The number of nitrogens with zero attached hydrogens (tertiary/aromatic N) is 5. The summed E-state index contributed by atoms with van der Waals surface area (Å²) in [6.07, 6.45) is 7.21. The Hall–Kier alpha value is -3.38. The average Bonchev–Trinajstić information content (AvgIpc) is 3.43. The molecule has 2 saturated heterocycles. The zero-order valence-electron chi connectivity index (χ0n) is 17.8. The molecule has 0 radical (unpaired) electrons. The number of anilines is 1. The topological polar surface area (TPSA) is 106 Å². The van der Waals surface area contributed by atoms with Gasteiger partial charge >= 0.3 is 0 Å². The smallest absolute Gasteiger partial charge is 0.262 e. The molecule has 5 heterocycles. The highest BCUT2D eigenvalue weighted by atomic mass is 16.5. The lowest BCUT2D eigenvalue weighted by Gasteiger charge is -2.41. The van der Waals surface area contributed by atoms with E-state index in [1.54, 1.807) is 24.5 Å². The first-order chi connectivity index (χ1) is 14.8. The number of ether oxygens (including phenoxy) is 2. The molecule has 0 atom stereocenters. The maximum absolute atomic E-state index is 13.0. The van der Waals surface area contributed by atoms with Crippen molar-refractivity contribution in [1.29, 1.82) is 5.26 Å². The van der Waals surface area contributed by atoms with Gasteiger partial charge in [-0.05, 0) is 33.6 Å². The lowest BCUT2D eigenvalue weighted by atomic mass is 9.62. The number of carbonyl (C=O) groups is 1. The molecular formula is C22H24N6O3. The molecule has 1 N–H and O–H groups in total. The van der Waals surface area contributed by atoms with E-state index in [2.05, 4.69) is 17.3 Å². The molecule has 1 saturated carbocycles. The van der Waals surface area contributed by atoms with Crippen molar-refractivity contribution in [3.63, 3.8) is 0 Å². The predicted molar refractivity (Wildman–Crippen MR) is 112 cm³/mol. The molecule has 2 bridgehead atoms. The molecule has 160 valence electrons. The Morgan fingerprint density at radius 2 is 2.23 bits per heavy atom. The minimum Gasteiger partial charge on any atom is -0.490 e. The van der Waals surface area contributed by atoms with Crippen molar-refractivity contribution in [2.24, 2.45) is 0 Å². The van der Waals surface area contributed by atoms with Crippen molar-refractivity contribution in [3.8, 4) is 11.8 Å². The van der Waals surface area contributed by atoms with Crippen LogP contribution >= 0.6 is 0 Å². The van der Waals surface area contributed by atoms with Crippen molar-refractivity contribution < 1.29 is 14.3 Å². The van der Waals surface area contributed by atoms with Crippen LogP contribution in [0.2, 0.25) is 0 Å². The van der Waals surface area contributed by atoms with Crippen molar-refractivity contribution in [3.05, 3.63) is 42.0 Å². The number of nitrogens with one attached hydrogen (secondary N) is 1. The zero-order chi connectivity index (χ0) is 21.8. The fourth-order valence-electron chi connectivity index (χ4n) is 4.72. The Morgan fingerprint density at radius 3 is 2.90 bits per heavy atom. The zero-order valence-corrected chi connectivity index (χ0v) is 17.8. The standard InChI is InChI=1S/C22H24N6O3/c1-14(2)31-16-8-19-24-17(22-11-21(3,12-22)30-13-22)10-27(19)9-15(16)20(29)25-18-4-6-28(26-18)7-5-23/h4,6,8-10,14H,7,11-13H2,1-3H3,(H,25,26,29). The number of hydrogen-bond acceptors (Lipinski definition) is 6. The minimum atomic E-state index is -0.339. The van der Waals surface area contributed by atoms with Gasteiger partial charge in [-0.3, -0.25) is 9.48 Å². The van der Waals surface area contributed by atoms with E-state index in [1.807, 2.05) is 30.5 Å². The van der Waals surface area contributed by atoms with E-state index < -0.39 is 0 Å². The van der Waals surface area contributed by atoms with E-state index >= 15 is 0 Å². The number of aromatic nitrogens is 4. The third-order valence-electron chi connectivity index (χ3n) is 5.94. The van der Waals surface area contributed by atoms with Crippen LogP contribution in [0.15, 0.2) is 30.7 Å². The number of hydrogen-bond donors (Lipinski definition) is 1. The lowest BCUT2D eigenvalue weighted by molar-refractivity contribution is 0.0154. The van der Waals surface area contributed by atoms with Gasteiger partial charge in [0.05, 0.1) is 35.6 Å². The molecule has 6 rings (SSSR count). The second kappa shape index (κ2) is 6.82. The van der Waals surface area contributed by atoms with Crippen LogP contribution in [-0.4, -0.2) is 43.4 Å². The van der Waals surface area contributed by atoms with Gasteiger partial charge in [0.25, 0.3) is 5.91 Å². The van der Waals surface area contributed by atoms with E-state index in [9.17, 15) is 4.79 Å². The summed E-state index contributed by atoms with van der Waals surface area (Å²) >= 11 is 0. The quantitative estimate of drug-likeness (QED) is 0.657. The van der Waals surface area contributed by atoms with Gasteiger partial charge in [0.2, 0.25) is 0 Å². The van der Waals surface area contributed by atoms with E-state index in [-0.39, 0.29) is 29.6 Å². The molecule has 0 unspecified atom stereocenters. The largest absolute Gasteiger partial charge is 0.490 e. The Morgan fingerprint density at radius 1 is 1.42 bits per heavy atom. The first-order valence-electron chi connectivity index (χ1n) is 10.3. The van der Waals surface area contributed by atoms with E-state index in [0.717, 1.165) is 24.2 Å². The first kappa shape index (κ1) is 19.6. The van der Waals surface area contributed by atoms with Crippen molar-refractivity contribution in [1.82, 2.24) is 19.2 Å². The number of pyridine rings is 1. The molecule has 31 heavy (non-hydrogen) atoms. The number of amides is 1. The Balaban J connectivity index is 1.48. The Labute approximate surface area is 179 Å². The molecule has 0 aromatic carbocycles. The van der Waals surface area contributed by atoms with Crippen LogP contribution in [0.3, 0.4) is 0 Å². The van der Waals surface area contributed by atoms with Crippen LogP contribution in [0, 0.1) is 11.3 Å². The summed E-state index contributed by atoms with van der Waals surface area (Å²) < 4.78 is 15.2. The van der Waals surface area contributed by atoms with Crippen LogP contribution in [-0.2, 0) is 16.7 Å². The third kappa shape index (κ3) is 3.33. The molecule has 2 aliphatic heterocycles. The highest BCUT2D eigenvalue weighted by Crippen LogP contribution is 2.58. The second-order valence-electron chi connectivity index (χ2n) is 8.99. The SMILES string of the molecule is CC(C)Oc1cc2nc(C34COC(C)(C3)C4)cn2cc1C(=O)Nc1ccn(CC#N)n1. The molecule has 0 spiro atoms. The molecule has 1 aliphatic carbocycles. The molecule has 9 nitrogen and oxygen atoms in total. The van der Waals surface area contributed by atoms with Gasteiger partial charge in [-0.2, -0.15) is 10.4 Å². The molecule has 3 fully saturated rings. The van der Waals surface area contributed by atoms with Gasteiger partial charge < -0.3 is 19.2 Å². The molecular weight excluding hydrogens is 396 g/mol. The summed E-state index contributed by atoms with van der Waals surface area (Å²) in [5.74, 6) is 0.499. The van der Waals surface area contributed by atoms with Crippen LogP contribution in [0.4, 0.5) is 5.82 Å². The lowest BCUT2D eigenvalue weighted by Crippen LogP contribution is -2.45. The summed E-state index contributed by atoms with van der Waals surface area (Å²) in [6, 6.07) is 5.47. The maximum atomic E-state index is 13.0. The molecule has 3 aromatic rings. The van der Waals surface area contributed by atoms with E-state index in [4.69, 9.17) is 19.7 Å². The minimum absolute atomic E-state index is 0.0261. The maximum Gasteiger partial charge on any atom is 0.262 e. The van der Waals surface area contributed by atoms with Gasteiger partial charge in [0.1, 0.15) is 17.9 Å². The number of carbonyl (C=O) groups excluding carboxylic acids is 1. The van der Waals surface area contributed by atoms with Crippen molar-refractivity contribution in [2.75, 3.05) is 11.9 Å². The highest BCUT2D eigenvalue weighted by Gasteiger charge is 2.61. The Kier molecular flexibility index (Phi) is 4.31. The van der Waals surface area contributed by atoms with Crippen molar-refractivity contribution >= 4 is 17.4 Å². The average molecular weight is 420 g/mol. The summed E-state index contributed by atoms with van der Waals surface area (Å²) in [5, 5.41) is 15.8. The third-order valence-corrected chi connectivity index (χ3v) is 5.94. The number of rotatable bonds is 6. The Bertz CT molecular complexity index is 1210. The van der Waals surface area contributed by atoms with Gasteiger partial charge in [0, 0.05) is 36.1 Å². The van der Waals surface area contributed by atoms with Gasteiger partial charge in [-0.15, -0.1) is 0 Å². The van der Waals surface area contributed by atoms with Gasteiger partial charge in [-0.25, -0.2) is 4.98 Å². The number of fused-ring (bicyclic) bond motifs is 2. The van der Waals surface area contributed by atoms with Crippen LogP contribution in [0.5, 0.6) is 5.75 Å². The van der Waals surface area contributed by atoms with E-state index in [0.29, 0.717) is 23.7 Å². The molecule has 1 amide bonds. The van der Waals surface area contributed by atoms with Crippen LogP contribution in [0.1, 0.15) is 49.7 Å². The second-order valence-corrected chi connectivity index (χ2v) is 8.99. The molecule has 3 aliphatic rings. The summed E-state index contributed by atoms with van der Waals surface area (Å²) in [7, 11) is 0. The monoisotopic (exact) mass is 420 g/mol. The van der Waals surface area contributed by atoms with E-state index in [1.165, 1.54) is 4.68 Å². The van der Waals surface area contributed by atoms with Crippen LogP contribution < -0.4 is 10.1 Å². The van der Waals surface area contributed by atoms with Gasteiger partial charge in [0.15, 0.2) is 5.82 Å². The fraction of sp³-hybridized carbons (Fsp3) is 0.455. The summed E-state index contributed by atoms with van der Waals surface area (Å²) in [5.41, 5.74) is 2.05. The fourth-order valence-corrected chi connectivity index (χ4v) is 4.72. The highest BCUT2D eigenvalue weighted by molar-refractivity contribution is 6.05. The molecule has 3 aromatic heterocycles. The van der Waals surface area contributed by atoms with Crippen molar-refractivity contribution in [2.45, 2.75) is 57.3 Å². The number of imidazole rings is 1.